The first-order valence-corrected chi connectivity index (χ1v) is 5.48. The van der Waals surface area contributed by atoms with Crippen LogP contribution in [0.3, 0.4) is 0 Å². The number of nitrogens with one attached hydrogen (secondary N) is 2. The fourth-order valence-electron chi connectivity index (χ4n) is 1.92. The van der Waals surface area contributed by atoms with Crippen molar-refractivity contribution >= 4 is 6.03 Å². The highest BCUT2D eigenvalue weighted by Crippen LogP contribution is 2.28. The molecule has 5 nitrogen and oxygen atoms in total. The Morgan fingerprint density at radius 3 is 2.65 bits per heavy atom. The van der Waals surface area contributed by atoms with Crippen molar-refractivity contribution in [2.24, 2.45) is 0 Å². The molecular weight excluding hydrogens is 220 g/mol. The van der Waals surface area contributed by atoms with Gasteiger partial charge in [-0.25, -0.2) is 4.79 Å². The lowest BCUT2D eigenvalue weighted by Gasteiger charge is -2.12. The normalized spacial score (nSPS) is 18.5. The molecule has 0 aliphatic carbocycles. The predicted octanol–water partition coefficient (Wildman–Crippen LogP) is 0.928. The summed E-state index contributed by atoms with van der Waals surface area (Å²) in [4.78, 5) is 11.0. The highest BCUT2D eigenvalue weighted by atomic mass is 16.5. The van der Waals surface area contributed by atoms with Crippen LogP contribution in [0.2, 0.25) is 0 Å². The summed E-state index contributed by atoms with van der Waals surface area (Å²) in [5.41, 5.74) is 1.11. The third-order valence-electron chi connectivity index (χ3n) is 2.77. The van der Waals surface area contributed by atoms with Crippen LogP contribution < -0.4 is 20.1 Å². The minimum Gasteiger partial charge on any atom is -0.493 e. The maximum Gasteiger partial charge on any atom is 0.315 e. The van der Waals surface area contributed by atoms with Gasteiger partial charge in [0.2, 0.25) is 0 Å². The Labute approximate surface area is 100 Å². The van der Waals surface area contributed by atoms with Gasteiger partial charge in [-0.3, -0.25) is 0 Å². The molecular formula is C12H16N2O3. The van der Waals surface area contributed by atoms with Gasteiger partial charge in [-0.1, -0.05) is 6.07 Å². The molecule has 1 fully saturated rings. The number of methoxy groups -OCH3 is 2. The Bertz CT molecular complexity index is 420. The fourth-order valence-corrected chi connectivity index (χ4v) is 1.92. The third-order valence-corrected chi connectivity index (χ3v) is 2.77. The van der Waals surface area contributed by atoms with E-state index in [9.17, 15) is 4.79 Å². The summed E-state index contributed by atoms with van der Waals surface area (Å²) in [7, 11) is 3.22. The summed E-state index contributed by atoms with van der Waals surface area (Å²) in [6.07, 6.45) is 0.777. The van der Waals surface area contributed by atoms with Crippen LogP contribution in [-0.4, -0.2) is 32.8 Å². The summed E-state index contributed by atoms with van der Waals surface area (Å²) in [6, 6.07) is 5.82. The highest BCUT2D eigenvalue weighted by molar-refractivity contribution is 5.76. The number of carbonyl (C=O) groups is 1. The molecule has 1 aliphatic heterocycles. The third kappa shape index (κ3) is 2.61. The van der Waals surface area contributed by atoms with Crippen LogP contribution in [0.4, 0.5) is 4.79 Å². The largest absolute Gasteiger partial charge is 0.493 e. The lowest BCUT2D eigenvalue weighted by atomic mass is 10.1. The van der Waals surface area contributed by atoms with Crippen LogP contribution >= 0.6 is 0 Å². The van der Waals surface area contributed by atoms with Crippen LogP contribution in [-0.2, 0) is 6.42 Å². The smallest absolute Gasteiger partial charge is 0.315 e. The predicted molar refractivity (Wildman–Crippen MR) is 63.6 cm³/mol. The molecule has 0 unspecified atom stereocenters. The van der Waals surface area contributed by atoms with Gasteiger partial charge in [0, 0.05) is 6.54 Å². The molecule has 2 N–H and O–H groups in total. The van der Waals surface area contributed by atoms with E-state index in [2.05, 4.69) is 10.6 Å². The number of hydrogen-bond donors (Lipinski definition) is 2. The van der Waals surface area contributed by atoms with E-state index in [1.807, 2.05) is 18.2 Å². The maximum atomic E-state index is 11.0. The standard InChI is InChI=1S/C12H16N2O3/c1-16-10-4-3-8(6-11(10)17-2)5-9-7-13-12(15)14-9/h3-4,6,9H,5,7H2,1-2H3,(H2,13,14,15)/t9-/m0/s1. The minimum absolute atomic E-state index is 0.101. The van der Waals surface area contributed by atoms with Crippen molar-refractivity contribution in [2.75, 3.05) is 20.8 Å². The number of ether oxygens (including phenoxy) is 2. The molecule has 5 heteroatoms. The van der Waals surface area contributed by atoms with E-state index in [-0.39, 0.29) is 12.1 Å². The van der Waals surface area contributed by atoms with Gasteiger partial charge in [0.05, 0.1) is 20.3 Å². The van der Waals surface area contributed by atoms with E-state index in [1.54, 1.807) is 14.2 Å². The Morgan fingerprint density at radius 2 is 2.06 bits per heavy atom. The van der Waals surface area contributed by atoms with Crippen LogP contribution in [0.15, 0.2) is 18.2 Å². The second-order valence-electron chi connectivity index (χ2n) is 3.94. The molecule has 0 spiro atoms. The Kier molecular flexibility index (Phi) is 3.37. The van der Waals surface area contributed by atoms with Gasteiger partial charge < -0.3 is 20.1 Å². The number of rotatable bonds is 4. The average Bonchev–Trinajstić information content (AvgIpc) is 2.74. The van der Waals surface area contributed by atoms with E-state index in [0.29, 0.717) is 18.0 Å². The molecule has 1 heterocycles. The molecule has 1 aromatic rings. The van der Waals surface area contributed by atoms with E-state index in [1.165, 1.54) is 0 Å². The first kappa shape index (κ1) is 11.6. The Morgan fingerprint density at radius 1 is 1.29 bits per heavy atom. The van der Waals surface area contributed by atoms with Crippen LogP contribution in [0.1, 0.15) is 5.56 Å². The van der Waals surface area contributed by atoms with Crippen molar-refractivity contribution in [1.29, 1.82) is 0 Å². The second-order valence-corrected chi connectivity index (χ2v) is 3.94. The van der Waals surface area contributed by atoms with Gasteiger partial charge in [-0.2, -0.15) is 0 Å². The van der Waals surface area contributed by atoms with E-state index in [0.717, 1.165) is 12.0 Å². The summed E-state index contributed by atoms with van der Waals surface area (Å²) in [5.74, 6) is 1.42. The SMILES string of the molecule is COc1ccc(C[C@H]2CNC(=O)N2)cc1OC. The molecule has 1 aromatic carbocycles. The van der Waals surface area contributed by atoms with Gasteiger partial charge in [-0.15, -0.1) is 0 Å². The van der Waals surface area contributed by atoms with Crippen molar-refractivity contribution in [3.8, 4) is 11.5 Å². The average molecular weight is 236 g/mol. The van der Waals surface area contributed by atoms with Crippen molar-refractivity contribution in [2.45, 2.75) is 12.5 Å². The van der Waals surface area contributed by atoms with Crippen molar-refractivity contribution in [3.63, 3.8) is 0 Å². The van der Waals surface area contributed by atoms with Crippen molar-refractivity contribution < 1.29 is 14.3 Å². The molecule has 0 aromatic heterocycles. The maximum absolute atomic E-state index is 11.0. The quantitative estimate of drug-likeness (QED) is 0.817. The number of benzene rings is 1. The summed E-state index contributed by atoms with van der Waals surface area (Å²) >= 11 is 0. The van der Waals surface area contributed by atoms with Crippen LogP contribution in [0.25, 0.3) is 0 Å². The molecule has 0 radical (unpaired) electrons. The summed E-state index contributed by atoms with van der Waals surface area (Å²) in [6.45, 7) is 0.660. The molecule has 92 valence electrons. The van der Waals surface area contributed by atoms with E-state index in [4.69, 9.17) is 9.47 Å². The number of carbonyl (C=O) groups excluding carboxylic acids is 1. The zero-order chi connectivity index (χ0) is 12.3. The van der Waals surface area contributed by atoms with Crippen molar-refractivity contribution in [3.05, 3.63) is 23.8 Å². The van der Waals surface area contributed by atoms with Crippen molar-refractivity contribution in [1.82, 2.24) is 10.6 Å². The Hall–Kier alpha value is -1.91. The van der Waals surface area contributed by atoms with Gasteiger partial charge >= 0.3 is 6.03 Å². The number of urea groups is 1. The first-order valence-electron chi connectivity index (χ1n) is 5.48. The zero-order valence-electron chi connectivity index (χ0n) is 9.95. The minimum atomic E-state index is -0.101. The summed E-state index contributed by atoms with van der Waals surface area (Å²) in [5, 5.41) is 5.58. The van der Waals surface area contributed by atoms with E-state index >= 15 is 0 Å². The molecule has 0 saturated carbocycles. The first-order chi connectivity index (χ1) is 8.22. The number of hydrogen-bond acceptors (Lipinski definition) is 3. The molecule has 2 rings (SSSR count). The van der Waals surface area contributed by atoms with Gasteiger partial charge in [-0.05, 0) is 24.1 Å². The molecule has 2 amide bonds. The zero-order valence-corrected chi connectivity index (χ0v) is 9.95. The second kappa shape index (κ2) is 4.95. The topological polar surface area (TPSA) is 59.6 Å². The highest BCUT2D eigenvalue weighted by Gasteiger charge is 2.20. The van der Waals surface area contributed by atoms with Crippen LogP contribution in [0.5, 0.6) is 11.5 Å². The van der Waals surface area contributed by atoms with E-state index < -0.39 is 0 Å². The molecule has 1 aliphatic rings. The lowest BCUT2D eigenvalue weighted by molar-refractivity contribution is 0.247. The van der Waals surface area contributed by atoms with Gasteiger partial charge in [0.1, 0.15) is 0 Å². The fraction of sp³-hybridized carbons (Fsp3) is 0.417. The Balaban J connectivity index is 2.08. The lowest BCUT2D eigenvalue weighted by Crippen LogP contribution is -2.28. The number of amides is 2. The van der Waals surface area contributed by atoms with Gasteiger partial charge in [0.25, 0.3) is 0 Å². The monoisotopic (exact) mass is 236 g/mol. The summed E-state index contributed by atoms with van der Waals surface area (Å²) < 4.78 is 10.4. The van der Waals surface area contributed by atoms with Gasteiger partial charge in [0.15, 0.2) is 11.5 Å². The molecule has 1 saturated heterocycles. The molecule has 17 heavy (non-hydrogen) atoms. The molecule has 1 atom stereocenters. The van der Waals surface area contributed by atoms with Crippen LogP contribution in [0, 0.1) is 0 Å². The molecule has 0 bridgehead atoms.